The number of amides is 1. The molecule has 0 spiro atoms. The van der Waals surface area contributed by atoms with Crippen LogP contribution in [0.3, 0.4) is 0 Å². The van der Waals surface area contributed by atoms with Crippen molar-refractivity contribution in [3.63, 3.8) is 0 Å². The van der Waals surface area contributed by atoms with Crippen molar-refractivity contribution in [2.24, 2.45) is 5.10 Å². The largest absolute Gasteiger partial charge is 0.416 e. The predicted octanol–water partition coefficient (Wildman–Crippen LogP) is 6.68. The maximum Gasteiger partial charge on any atom is 0.416 e. The van der Waals surface area contributed by atoms with Crippen LogP contribution in [0.15, 0.2) is 84.0 Å². The zero-order valence-corrected chi connectivity index (χ0v) is 20.3. The van der Waals surface area contributed by atoms with E-state index in [4.69, 9.17) is 10.7 Å². The highest BCUT2D eigenvalue weighted by Gasteiger charge is 2.34. The number of nitrogens with zero attached hydrogens (tertiary/aromatic N) is 3. The molecule has 1 atom stereocenters. The summed E-state index contributed by atoms with van der Waals surface area (Å²) in [6, 6.07) is 21.4. The smallest absolute Gasteiger partial charge is 0.399 e. The summed E-state index contributed by atoms with van der Waals surface area (Å²) < 4.78 is 39.7. The van der Waals surface area contributed by atoms with Gasteiger partial charge in [0.25, 0.3) is 0 Å². The first-order valence-electron chi connectivity index (χ1n) is 12.0. The van der Waals surface area contributed by atoms with Crippen molar-refractivity contribution < 1.29 is 18.0 Å². The van der Waals surface area contributed by atoms with E-state index in [1.165, 1.54) is 24.1 Å². The van der Waals surface area contributed by atoms with Gasteiger partial charge in [-0.15, -0.1) is 0 Å². The Morgan fingerprint density at radius 2 is 1.66 bits per heavy atom. The van der Waals surface area contributed by atoms with E-state index in [1.807, 2.05) is 42.5 Å². The summed E-state index contributed by atoms with van der Waals surface area (Å²) in [4.78, 5) is 20.9. The van der Waals surface area contributed by atoms with Crippen molar-refractivity contribution >= 4 is 39.1 Å². The van der Waals surface area contributed by atoms with Crippen molar-refractivity contribution in [3.05, 3.63) is 95.7 Å². The number of aromatic nitrogens is 2. The predicted molar refractivity (Wildman–Crippen MR) is 141 cm³/mol. The van der Waals surface area contributed by atoms with E-state index in [0.29, 0.717) is 34.6 Å². The fourth-order valence-corrected chi connectivity index (χ4v) is 4.94. The van der Waals surface area contributed by atoms with Crippen LogP contribution in [0, 0.1) is 0 Å². The molecule has 1 aliphatic rings. The molecule has 3 N–H and O–H groups in total. The number of halogens is 3. The number of hydrogen-bond donors (Lipinski definition) is 2. The highest BCUT2D eigenvalue weighted by molar-refractivity contribution is 6.11. The van der Waals surface area contributed by atoms with Gasteiger partial charge in [-0.3, -0.25) is 4.79 Å². The van der Waals surface area contributed by atoms with E-state index in [1.54, 1.807) is 12.1 Å². The van der Waals surface area contributed by atoms with Gasteiger partial charge in [-0.05, 0) is 42.0 Å². The molecule has 1 unspecified atom stereocenters. The monoisotopic (exact) mass is 513 g/mol. The zero-order chi connectivity index (χ0) is 26.6. The second-order valence-corrected chi connectivity index (χ2v) is 9.32. The van der Waals surface area contributed by atoms with Crippen LogP contribution in [0.5, 0.6) is 0 Å². The minimum absolute atomic E-state index is 0.239. The number of hydrogen-bond acceptors (Lipinski definition) is 4. The third kappa shape index (κ3) is 4.06. The molecule has 0 bridgehead atoms. The van der Waals surface area contributed by atoms with Gasteiger partial charge in [-0.25, -0.2) is 9.99 Å². The second kappa shape index (κ2) is 8.72. The van der Waals surface area contributed by atoms with Crippen LogP contribution < -0.4 is 5.73 Å². The quantitative estimate of drug-likeness (QED) is 0.264. The first-order valence-corrected chi connectivity index (χ1v) is 12.0. The molecule has 0 radical (unpaired) electrons. The molecule has 5 aromatic rings. The number of nitrogens with one attached hydrogen (secondary N) is 1. The van der Waals surface area contributed by atoms with Crippen molar-refractivity contribution in [3.8, 4) is 11.3 Å². The molecule has 9 heteroatoms. The number of pyridine rings is 1. The number of hydrazone groups is 1. The molecule has 3 heterocycles. The fourth-order valence-electron chi connectivity index (χ4n) is 4.94. The third-order valence-electron chi connectivity index (χ3n) is 6.82. The zero-order valence-electron chi connectivity index (χ0n) is 20.3. The molecular weight excluding hydrogens is 491 g/mol. The molecule has 0 aliphatic carbocycles. The highest BCUT2D eigenvalue weighted by Crippen LogP contribution is 2.39. The van der Waals surface area contributed by atoms with Gasteiger partial charge < -0.3 is 10.7 Å². The van der Waals surface area contributed by atoms with Crippen LogP contribution >= 0.6 is 0 Å². The minimum Gasteiger partial charge on any atom is -0.399 e. The first-order chi connectivity index (χ1) is 18.2. The lowest BCUT2D eigenvalue weighted by Gasteiger charge is -2.20. The van der Waals surface area contributed by atoms with E-state index in [0.717, 1.165) is 39.7 Å². The van der Waals surface area contributed by atoms with Crippen molar-refractivity contribution in [1.29, 1.82) is 0 Å². The molecule has 0 saturated heterocycles. The fraction of sp³-hybridized carbons (Fsp3) is 0.138. The number of aromatic amines is 1. The lowest BCUT2D eigenvalue weighted by molar-refractivity contribution is -0.137. The second-order valence-electron chi connectivity index (χ2n) is 9.32. The number of benzene rings is 3. The van der Waals surface area contributed by atoms with Crippen molar-refractivity contribution in [1.82, 2.24) is 15.0 Å². The van der Waals surface area contributed by atoms with Crippen LogP contribution in [-0.2, 0) is 11.0 Å². The maximum atomic E-state index is 13.2. The average Bonchev–Trinajstić information content (AvgIpc) is 3.51. The number of carbonyl (C=O) groups is 1. The van der Waals surface area contributed by atoms with E-state index in [9.17, 15) is 18.0 Å². The van der Waals surface area contributed by atoms with Gasteiger partial charge in [0.1, 0.15) is 6.04 Å². The van der Waals surface area contributed by atoms with E-state index in [2.05, 4.69) is 10.1 Å². The summed E-state index contributed by atoms with van der Waals surface area (Å²) >= 11 is 0. The Hall–Kier alpha value is -4.66. The van der Waals surface area contributed by atoms with Crippen LogP contribution in [0.2, 0.25) is 0 Å². The number of alkyl halides is 3. The number of para-hydroxylation sites is 1. The standard InChI is InChI=1S/C29H22F3N5O/c1-16(38)37-26(15-24(36-37)17-8-12-20(33)13-9-17)25-14-22-21-4-2-3-5-23(21)34-28(22)27(35-25)18-6-10-19(11-7-18)29(30,31)32/h2-14,26,34H,15,33H2,1H3. The molecule has 0 saturated carbocycles. The minimum atomic E-state index is -4.44. The van der Waals surface area contributed by atoms with Crippen LogP contribution in [0.1, 0.15) is 36.2 Å². The van der Waals surface area contributed by atoms with Crippen molar-refractivity contribution in [2.75, 3.05) is 5.73 Å². The van der Waals surface area contributed by atoms with Crippen LogP contribution in [0.25, 0.3) is 33.1 Å². The Morgan fingerprint density at radius 3 is 2.34 bits per heavy atom. The van der Waals surface area contributed by atoms with Gasteiger partial charge in [0.2, 0.25) is 5.91 Å². The molecule has 6 nitrogen and oxygen atoms in total. The third-order valence-corrected chi connectivity index (χ3v) is 6.82. The van der Waals surface area contributed by atoms with E-state index >= 15 is 0 Å². The van der Waals surface area contributed by atoms with Crippen LogP contribution in [0.4, 0.5) is 18.9 Å². The normalized spacial score (nSPS) is 15.8. The molecular formula is C29H22F3N5O. The Morgan fingerprint density at radius 1 is 0.974 bits per heavy atom. The number of carbonyl (C=O) groups excluding carboxylic acids is 1. The molecule has 38 heavy (non-hydrogen) atoms. The summed E-state index contributed by atoms with van der Waals surface area (Å²) in [6.45, 7) is 1.45. The summed E-state index contributed by atoms with van der Waals surface area (Å²) in [5.74, 6) is -0.239. The van der Waals surface area contributed by atoms with Crippen LogP contribution in [-0.4, -0.2) is 26.6 Å². The first kappa shape index (κ1) is 23.7. The number of H-pyrrole nitrogens is 1. The Kier molecular flexibility index (Phi) is 5.45. The van der Waals surface area contributed by atoms with Gasteiger partial charge in [-0.1, -0.05) is 42.5 Å². The Labute approximate surface area is 215 Å². The molecule has 1 amide bonds. The maximum absolute atomic E-state index is 13.2. The molecule has 3 aromatic carbocycles. The van der Waals surface area contributed by atoms with Gasteiger partial charge in [0.15, 0.2) is 0 Å². The van der Waals surface area contributed by atoms with E-state index < -0.39 is 17.8 Å². The molecule has 2 aromatic heterocycles. The summed E-state index contributed by atoms with van der Waals surface area (Å²) in [5.41, 5.74) is 10.5. The van der Waals surface area contributed by atoms with Gasteiger partial charge in [-0.2, -0.15) is 18.3 Å². The summed E-state index contributed by atoms with van der Waals surface area (Å²) in [5, 5.41) is 7.84. The number of nitrogens with two attached hydrogens (primary N) is 1. The Bertz CT molecular complexity index is 1720. The number of fused-ring (bicyclic) bond motifs is 3. The van der Waals surface area contributed by atoms with Gasteiger partial charge >= 0.3 is 6.18 Å². The number of rotatable bonds is 3. The lowest BCUT2D eigenvalue weighted by atomic mass is 9.99. The van der Waals surface area contributed by atoms with Crippen molar-refractivity contribution in [2.45, 2.75) is 25.6 Å². The highest BCUT2D eigenvalue weighted by atomic mass is 19.4. The van der Waals surface area contributed by atoms with Gasteiger partial charge in [0.05, 0.1) is 28.2 Å². The number of nitrogen functional groups attached to an aromatic ring is 1. The molecule has 0 fully saturated rings. The SMILES string of the molecule is CC(=O)N1N=C(c2ccc(N)cc2)CC1c1cc2c([nH]c3ccccc32)c(-c2ccc(C(F)(F)F)cc2)n1. The molecule has 1 aliphatic heterocycles. The Balaban J connectivity index is 1.51. The average molecular weight is 514 g/mol. The summed E-state index contributed by atoms with van der Waals surface area (Å²) in [6.07, 6.45) is -4.01. The lowest BCUT2D eigenvalue weighted by Crippen LogP contribution is -2.25. The van der Waals surface area contributed by atoms with Gasteiger partial charge in [0, 0.05) is 40.9 Å². The molecule has 190 valence electrons. The number of anilines is 1. The molecule has 6 rings (SSSR count). The summed E-state index contributed by atoms with van der Waals surface area (Å²) in [7, 11) is 0. The van der Waals surface area contributed by atoms with E-state index in [-0.39, 0.29) is 5.91 Å². The topological polar surface area (TPSA) is 87.4 Å².